The minimum Gasteiger partial charge on any atom is -0.490 e. The molecule has 0 aliphatic rings. The lowest BCUT2D eigenvalue weighted by molar-refractivity contribution is -0.479. The van der Waals surface area contributed by atoms with Crippen LogP contribution in [0.25, 0.3) is 5.69 Å². The molecule has 0 radical (unpaired) electrons. The highest BCUT2D eigenvalue weighted by molar-refractivity contribution is 7.99. The van der Waals surface area contributed by atoms with Crippen molar-refractivity contribution in [1.29, 1.82) is 0 Å². The lowest BCUT2D eigenvalue weighted by atomic mass is 10.1. The van der Waals surface area contributed by atoms with Gasteiger partial charge in [0, 0.05) is 16.2 Å². The summed E-state index contributed by atoms with van der Waals surface area (Å²) in [6, 6.07) is 17.7. The first-order valence-electron chi connectivity index (χ1n) is 12.2. The molecular formula is C28H29FN4O4S. The van der Waals surface area contributed by atoms with E-state index in [0.29, 0.717) is 40.2 Å². The number of nitrogens with zero attached hydrogens (tertiary/aromatic N) is 4. The lowest BCUT2D eigenvalue weighted by Crippen LogP contribution is -2.12. The molecule has 0 N–H and O–H groups in total. The molecule has 10 heteroatoms. The number of thioether (sulfide) groups is 1. The van der Waals surface area contributed by atoms with Gasteiger partial charge in [0.1, 0.15) is 23.5 Å². The topological polar surface area (TPSA) is 92.3 Å². The van der Waals surface area contributed by atoms with Crippen molar-refractivity contribution in [3.05, 3.63) is 105 Å². The van der Waals surface area contributed by atoms with Crippen LogP contribution in [-0.4, -0.2) is 32.8 Å². The molecule has 0 saturated heterocycles. The van der Waals surface area contributed by atoms with Crippen LogP contribution in [0.4, 0.5) is 4.39 Å². The third kappa shape index (κ3) is 6.31. The molecule has 4 rings (SSSR count). The average molecular weight is 537 g/mol. The molecule has 0 fully saturated rings. The van der Waals surface area contributed by atoms with E-state index in [0.717, 1.165) is 11.3 Å². The SMILES string of the molecule is CCOc1cc([C@@H](C[N+](=O)[O-])Sc2nnc(C)n2-c2ccc(C)c(C)c2)ccc1OCc1ccccc1F. The Bertz CT molecular complexity index is 1440. The van der Waals surface area contributed by atoms with Gasteiger partial charge in [0.15, 0.2) is 16.7 Å². The Hall–Kier alpha value is -3.92. The monoisotopic (exact) mass is 536 g/mol. The fourth-order valence-electron chi connectivity index (χ4n) is 3.94. The summed E-state index contributed by atoms with van der Waals surface area (Å²) >= 11 is 1.27. The largest absolute Gasteiger partial charge is 0.490 e. The highest BCUT2D eigenvalue weighted by Gasteiger charge is 2.25. The second kappa shape index (κ2) is 12.1. The minimum atomic E-state index is -0.571. The smallest absolute Gasteiger partial charge is 0.220 e. The summed E-state index contributed by atoms with van der Waals surface area (Å²) in [5.41, 5.74) is 4.29. The zero-order valence-corrected chi connectivity index (χ0v) is 22.5. The van der Waals surface area contributed by atoms with Crippen LogP contribution in [0, 0.1) is 36.7 Å². The number of nitro groups is 1. The van der Waals surface area contributed by atoms with Crippen molar-refractivity contribution in [2.75, 3.05) is 13.2 Å². The summed E-state index contributed by atoms with van der Waals surface area (Å²) in [5.74, 6) is 1.19. The Kier molecular flexibility index (Phi) is 8.62. The number of rotatable bonds is 11. The van der Waals surface area contributed by atoms with Gasteiger partial charge in [0.25, 0.3) is 0 Å². The molecule has 1 atom stereocenters. The van der Waals surface area contributed by atoms with Crippen molar-refractivity contribution in [3.8, 4) is 17.2 Å². The zero-order valence-electron chi connectivity index (χ0n) is 21.7. The zero-order chi connectivity index (χ0) is 27.2. The average Bonchev–Trinajstić information content (AvgIpc) is 3.25. The molecule has 198 valence electrons. The van der Waals surface area contributed by atoms with Gasteiger partial charge in [0.05, 0.1) is 6.61 Å². The van der Waals surface area contributed by atoms with Crippen LogP contribution >= 0.6 is 11.8 Å². The highest BCUT2D eigenvalue weighted by Crippen LogP contribution is 2.40. The summed E-state index contributed by atoms with van der Waals surface area (Å²) in [4.78, 5) is 11.3. The fraction of sp³-hybridized carbons (Fsp3) is 0.286. The molecule has 0 unspecified atom stereocenters. The van der Waals surface area contributed by atoms with Gasteiger partial charge in [-0.15, -0.1) is 10.2 Å². The summed E-state index contributed by atoms with van der Waals surface area (Å²) in [6.07, 6.45) is 0. The van der Waals surface area contributed by atoms with E-state index < -0.39 is 5.25 Å². The predicted molar refractivity (Wildman–Crippen MR) is 144 cm³/mol. The Morgan fingerprint density at radius 1 is 1.00 bits per heavy atom. The third-order valence-corrected chi connectivity index (χ3v) is 7.27. The second-order valence-corrected chi connectivity index (χ2v) is 9.94. The molecule has 0 aliphatic heterocycles. The molecular weight excluding hydrogens is 507 g/mol. The van der Waals surface area contributed by atoms with Gasteiger partial charge >= 0.3 is 0 Å². The van der Waals surface area contributed by atoms with Crippen molar-refractivity contribution in [1.82, 2.24) is 14.8 Å². The summed E-state index contributed by atoms with van der Waals surface area (Å²) < 4.78 is 27.6. The van der Waals surface area contributed by atoms with Gasteiger partial charge < -0.3 is 9.47 Å². The van der Waals surface area contributed by atoms with Gasteiger partial charge in [0.2, 0.25) is 6.54 Å². The lowest BCUT2D eigenvalue weighted by Gasteiger charge is -2.18. The van der Waals surface area contributed by atoms with E-state index in [1.165, 1.54) is 23.4 Å². The van der Waals surface area contributed by atoms with Gasteiger partial charge in [-0.3, -0.25) is 14.7 Å². The molecule has 1 heterocycles. The molecule has 3 aromatic carbocycles. The van der Waals surface area contributed by atoms with Crippen LogP contribution in [0.3, 0.4) is 0 Å². The van der Waals surface area contributed by atoms with Crippen LogP contribution in [0.2, 0.25) is 0 Å². The Morgan fingerprint density at radius 3 is 2.50 bits per heavy atom. The number of benzene rings is 3. The Balaban J connectivity index is 1.64. The Labute approximate surface area is 225 Å². The maximum atomic E-state index is 14.0. The number of aryl methyl sites for hydroxylation is 3. The van der Waals surface area contributed by atoms with E-state index in [9.17, 15) is 14.5 Å². The molecule has 0 bridgehead atoms. The maximum absolute atomic E-state index is 14.0. The minimum absolute atomic E-state index is 0.0253. The van der Waals surface area contributed by atoms with Crippen molar-refractivity contribution < 1.29 is 18.8 Å². The molecule has 4 aromatic rings. The van der Waals surface area contributed by atoms with Crippen LogP contribution < -0.4 is 9.47 Å². The third-order valence-electron chi connectivity index (χ3n) is 6.09. The van der Waals surface area contributed by atoms with Crippen molar-refractivity contribution in [2.45, 2.75) is 44.7 Å². The molecule has 8 nitrogen and oxygen atoms in total. The first-order valence-corrected chi connectivity index (χ1v) is 13.1. The van der Waals surface area contributed by atoms with Crippen LogP contribution in [0.1, 0.15) is 40.3 Å². The highest BCUT2D eigenvalue weighted by atomic mass is 32.2. The van der Waals surface area contributed by atoms with Crippen LogP contribution in [0.15, 0.2) is 65.8 Å². The second-order valence-electron chi connectivity index (χ2n) is 8.77. The number of ether oxygens (including phenoxy) is 2. The van der Waals surface area contributed by atoms with Crippen molar-refractivity contribution in [2.24, 2.45) is 0 Å². The molecule has 0 spiro atoms. The van der Waals surface area contributed by atoms with Gasteiger partial charge in [-0.05, 0) is 74.7 Å². The summed E-state index contributed by atoms with van der Waals surface area (Å²) in [5, 5.41) is 20.2. The van der Waals surface area contributed by atoms with E-state index in [2.05, 4.69) is 10.2 Å². The normalized spacial score (nSPS) is 11.8. The molecule has 38 heavy (non-hydrogen) atoms. The van der Waals surface area contributed by atoms with Crippen LogP contribution in [0.5, 0.6) is 11.5 Å². The molecule has 0 aliphatic carbocycles. The first-order chi connectivity index (χ1) is 18.3. The van der Waals surface area contributed by atoms with Gasteiger partial charge in [-0.2, -0.15) is 0 Å². The fourth-order valence-corrected chi connectivity index (χ4v) is 5.10. The number of hydrogen-bond donors (Lipinski definition) is 0. The van der Waals surface area contributed by atoms with E-state index in [4.69, 9.17) is 9.47 Å². The first kappa shape index (κ1) is 27.1. The van der Waals surface area contributed by atoms with Gasteiger partial charge in [-0.1, -0.05) is 42.1 Å². The molecule has 0 saturated carbocycles. The van der Waals surface area contributed by atoms with E-state index in [-0.39, 0.29) is 23.9 Å². The van der Waals surface area contributed by atoms with Crippen molar-refractivity contribution >= 4 is 11.8 Å². The molecule has 1 aromatic heterocycles. The number of halogens is 1. The van der Waals surface area contributed by atoms with Gasteiger partial charge in [-0.25, -0.2) is 4.39 Å². The quantitative estimate of drug-likeness (QED) is 0.124. The van der Waals surface area contributed by atoms with E-state index >= 15 is 0 Å². The number of hydrogen-bond acceptors (Lipinski definition) is 7. The standard InChI is InChI=1S/C28H29FN4O4S/c1-5-36-26-15-21(11-13-25(26)37-17-22-8-6-7-9-24(22)29)27(16-32(34)35)38-28-31-30-20(4)33(28)23-12-10-18(2)19(3)14-23/h6-15,27H,5,16-17H2,1-4H3/t27-/m1/s1. The van der Waals surface area contributed by atoms with Crippen molar-refractivity contribution in [3.63, 3.8) is 0 Å². The number of aromatic nitrogens is 3. The Morgan fingerprint density at radius 2 is 1.79 bits per heavy atom. The predicted octanol–water partition coefficient (Wildman–Crippen LogP) is 6.42. The summed E-state index contributed by atoms with van der Waals surface area (Å²) in [6.45, 7) is 7.83. The summed E-state index contributed by atoms with van der Waals surface area (Å²) in [7, 11) is 0. The molecule has 0 amide bonds. The van der Waals surface area contributed by atoms with E-state index in [1.54, 1.807) is 36.4 Å². The van der Waals surface area contributed by atoms with E-state index in [1.807, 2.05) is 50.5 Å². The maximum Gasteiger partial charge on any atom is 0.220 e. The van der Waals surface area contributed by atoms with Crippen LogP contribution in [-0.2, 0) is 6.61 Å².